The number of benzene rings is 2. The summed E-state index contributed by atoms with van der Waals surface area (Å²) in [5.74, 6) is -0.331. The van der Waals surface area contributed by atoms with Gasteiger partial charge < -0.3 is 10.2 Å². The van der Waals surface area contributed by atoms with Gasteiger partial charge in [0.15, 0.2) is 0 Å². The minimum atomic E-state index is -0.273. The number of hydrogen-bond donors (Lipinski definition) is 1. The van der Waals surface area contributed by atoms with Gasteiger partial charge in [-0.3, -0.25) is 4.79 Å². The van der Waals surface area contributed by atoms with Crippen LogP contribution in [-0.2, 0) is 6.54 Å². The van der Waals surface area contributed by atoms with Crippen molar-refractivity contribution in [1.82, 2.24) is 4.90 Å². The Morgan fingerprint density at radius 2 is 1.70 bits per heavy atom. The van der Waals surface area contributed by atoms with E-state index in [0.717, 1.165) is 11.3 Å². The van der Waals surface area contributed by atoms with E-state index < -0.39 is 0 Å². The van der Waals surface area contributed by atoms with Crippen molar-refractivity contribution in [3.05, 3.63) is 65.5 Å². The van der Waals surface area contributed by atoms with Gasteiger partial charge >= 0.3 is 0 Å². The largest absolute Gasteiger partial charge is 0.388 e. The number of amides is 1. The van der Waals surface area contributed by atoms with Crippen LogP contribution < -0.4 is 5.32 Å². The van der Waals surface area contributed by atoms with Crippen molar-refractivity contribution in [2.24, 2.45) is 0 Å². The number of rotatable bonds is 4. The van der Waals surface area contributed by atoms with Crippen LogP contribution >= 0.6 is 0 Å². The topological polar surface area (TPSA) is 32.3 Å². The van der Waals surface area contributed by atoms with Crippen LogP contribution in [0.4, 0.5) is 10.1 Å². The van der Waals surface area contributed by atoms with Crippen molar-refractivity contribution in [1.29, 1.82) is 0 Å². The van der Waals surface area contributed by atoms with E-state index in [1.54, 1.807) is 36.2 Å². The number of halogens is 1. The predicted octanol–water partition coefficient (Wildman–Crippen LogP) is 3.14. The molecule has 0 unspecified atom stereocenters. The molecule has 0 atom stereocenters. The molecular weight excluding hydrogens is 255 g/mol. The number of carbonyl (C=O) groups is 1. The summed E-state index contributed by atoms with van der Waals surface area (Å²) in [6, 6.07) is 13.5. The van der Waals surface area contributed by atoms with Crippen LogP contribution in [0.15, 0.2) is 48.5 Å². The highest BCUT2D eigenvalue weighted by Crippen LogP contribution is 2.12. The highest BCUT2D eigenvalue weighted by Gasteiger charge is 2.11. The van der Waals surface area contributed by atoms with E-state index >= 15 is 0 Å². The van der Waals surface area contributed by atoms with E-state index in [1.807, 2.05) is 19.2 Å². The van der Waals surface area contributed by atoms with Crippen molar-refractivity contribution in [2.45, 2.75) is 6.54 Å². The lowest BCUT2D eigenvalue weighted by atomic mass is 10.1. The van der Waals surface area contributed by atoms with E-state index in [4.69, 9.17) is 0 Å². The maximum absolute atomic E-state index is 12.8. The minimum Gasteiger partial charge on any atom is -0.388 e. The Hall–Kier alpha value is -2.36. The molecule has 0 heterocycles. The molecule has 104 valence electrons. The van der Waals surface area contributed by atoms with Crippen LogP contribution in [0.2, 0.25) is 0 Å². The maximum atomic E-state index is 12.8. The third-order valence-corrected chi connectivity index (χ3v) is 3.10. The fourth-order valence-electron chi connectivity index (χ4n) is 1.94. The van der Waals surface area contributed by atoms with Crippen molar-refractivity contribution < 1.29 is 9.18 Å². The SMILES string of the molecule is CNc1ccc(C(=O)N(C)Cc2ccc(F)cc2)cc1. The van der Waals surface area contributed by atoms with Gasteiger partial charge in [0, 0.05) is 31.9 Å². The normalized spacial score (nSPS) is 10.2. The summed E-state index contributed by atoms with van der Waals surface area (Å²) in [7, 11) is 3.56. The van der Waals surface area contributed by atoms with Crippen LogP contribution in [0, 0.1) is 5.82 Å². The van der Waals surface area contributed by atoms with Crippen molar-refractivity contribution in [2.75, 3.05) is 19.4 Å². The number of hydrogen-bond acceptors (Lipinski definition) is 2. The number of nitrogens with one attached hydrogen (secondary N) is 1. The first-order valence-electron chi connectivity index (χ1n) is 6.38. The Bertz CT molecular complexity index is 578. The second-order valence-electron chi connectivity index (χ2n) is 4.62. The molecule has 0 aliphatic carbocycles. The van der Waals surface area contributed by atoms with Gasteiger partial charge in [-0.05, 0) is 42.0 Å². The first kappa shape index (κ1) is 14.1. The molecule has 3 nitrogen and oxygen atoms in total. The first-order chi connectivity index (χ1) is 9.60. The average Bonchev–Trinajstić information content (AvgIpc) is 2.49. The average molecular weight is 272 g/mol. The van der Waals surface area contributed by atoms with Gasteiger partial charge in [-0.1, -0.05) is 12.1 Å². The first-order valence-corrected chi connectivity index (χ1v) is 6.38. The molecule has 4 heteroatoms. The van der Waals surface area contributed by atoms with Crippen molar-refractivity contribution in [3.8, 4) is 0 Å². The molecule has 0 saturated heterocycles. The molecule has 1 amide bonds. The van der Waals surface area contributed by atoms with Gasteiger partial charge in [-0.2, -0.15) is 0 Å². The standard InChI is InChI=1S/C16H17FN2O/c1-18-15-9-5-13(6-10-15)16(20)19(2)11-12-3-7-14(17)8-4-12/h3-10,18H,11H2,1-2H3. The summed E-state index contributed by atoms with van der Waals surface area (Å²) in [5.41, 5.74) is 2.49. The van der Waals surface area contributed by atoms with Crippen LogP contribution in [0.1, 0.15) is 15.9 Å². The summed E-state index contributed by atoms with van der Waals surface area (Å²) in [4.78, 5) is 13.9. The summed E-state index contributed by atoms with van der Waals surface area (Å²) >= 11 is 0. The van der Waals surface area contributed by atoms with E-state index in [-0.39, 0.29) is 11.7 Å². The quantitative estimate of drug-likeness (QED) is 0.927. The van der Waals surface area contributed by atoms with Crippen molar-refractivity contribution in [3.63, 3.8) is 0 Å². The Kier molecular flexibility index (Phi) is 4.35. The third-order valence-electron chi connectivity index (χ3n) is 3.10. The fourth-order valence-corrected chi connectivity index (χ4v) is 1.94. The molecule has 1 N–H and O–H groups in total. The Morgan fingerprint density at radius 3 is 2.25 bits per heavy atom. The fraction of sp³-hybridized carbons (Fsp3) is 0.188. The predicted molar refractivity (Wildman–Crippen MR) is 78.2 cm³/mol. The lowest BCUT2D eigenvalue weighted by Crippen LogP contribution is -2.26. The number of carbonyl (C=O) groups excluding carboxylic acids is 1. The van der Waals surface area contributed by atoms with Gasteiger partial charge in [0.25, 0.3) is 5.91 Å². The van der Waals surface area contributed by atoms with E-state index in [9.17, 15) is 9.18 Å². The third kappa shape index (κ3) is 3.35. The molecule has 0 saturated carbocycles. The molecule has 0 aromatic heterocycles. The monoisotopic (exact) mass is 272 g/mol. The number of anilines is 1. The van der Waals surface area contributed by atoms with E-state index in [1.165, 1.54) is 12.1 Å². The van der Waals surface area contributed by atoms with Crippen LogP contribution in [0.5, 0.6) is 0 Å². The molecule has 20 heavy (non-hydrogen) atoms. The van der Waals surface area contributed by atoms with Gasteiger partial charge in [0.1, 0.15) is 5.82 Å². The minimum absolute atomic E-state index is 0.0584. The highest BCUT2D eigenvalue weighted by atomic mass is 19.1. The molecule has 2 aromatic rings. The van der Waals surface area contributed by atoms with Gasteiger partial charge in [-0.25, -0.2) is 4.39 Å². The molecule has 0 bridgehead atoms. The Balaban J connectivity index is 2.05. The second kappa shape index (κ2) is 6.19. The lowest BCUT2D eigenvalue weighted by molar-refractivity contribution is 0.0785. The van der Waals surface area contributed by atoms with Gasteiger partial charge in [0.05, 0.1) is 0 Å². The van der Waals surface area contributed by atoms with Crippen molar-refractivity contribution >= 4 is 11.6 Å². The van der Waals surface area contributed by atoms with Gasteiger partial charge in [0.2, 0.25) is 0 Å². The van der Waals surface area contributed by atoms with Gasteiger partial charge in [-0.15, -0.1) is 0 Å². The number of nitrogens with zero attached hydrogens (tertiary/aromatic N) is 1. The zero-order valence-corrected chi connectivity index (χ0v) is 11.6. The molecule has 0 aliphatic heterocycles. The highest BCUT2D eigenvalue weighted by molar-refractivity contribution is 5.94. The molecule has 2 aromatic carbocycles. The van der Waals surface area contributed by atoms with Crippen LogP contribution in [-0.4, -0.2) is 24.9 Å². The zero-order chi connectivity index (χ0) is 14.5. The summed E-state index contributed by atoms with van der Waals surface area (Å²) in [6.45, 7) is 0.451. The Morgan fingerprint density at radius 1 is 1.10 bits per heavy atom. The molecular formula is C16H17FN2O. The smallest absolute Gasteiger partial charge is 0.253 e. The zero-order valence-electron chi connectivity index (χ0n) is 11.6. The lowest BCUT2D eigenvalue weighted by Gasteiger charge is -2.17. The summed E-state index contributed by atoms with van der Waals surface area (Å²) < 4.78 is 12.8. The van der Waals surface area contributed by atoms with E-state index in [0.29, 0.717) is 12.1 Å². The molecule has 0 aliphatic rings. The maximum Gasteiger partial charge on any atom is 0.253 e. The summed E-state index contributed by atoms with van der Waals surface area (Å²) in [6.07, 6.45) is 0. The van der Waals surface area contributed by atoms with Crippen LogP contribution in [0.25, 0.3) is 0 Å². The molecule has 0 radical (unpaired) electrons. The Labute approximate surface area is 118 Å². The molecule has 0 fully saturated rings. The molecule has 2 rings (SSSR count). The van der Waals surface area contributed by atoms with Crippen LogP contribution in [0.3, 0.4) is 0 Å². The molecule has 0 spiro atoms. The second-order valence-corrected chi connectivity index (χ2v) is 4.62. The summed E-state index contributed by atoms with van der Waals surface area (Å²) in [5, 5.41) is 3.01. The van der Waals surface area contributed by atoms with E-state index in [2.05, 4.69) is 5.32 Å².